The van der Waals surface area contributed by atoms with E-state index in [0.29, 0.717) is 30.3 Å². The van der Waals surface area contributed by atoms with Crippen LogP contribution in [0.5, 0.6) is 23.0 Å². The second-order valence-corrected chi connectivity index (χ2v) is 8.29. The van der Waals surface area contributed by atoms with E-state index in [1.807, 2.05) is 23.1 Å². The summed E-state index contributed by atoms with van der Waals surface area (Å²) >= 11 is 0. The number of aromatic nitrogens is 2. The summed E-state index contributed by atoms with van der Waals surface area (Å²) in [5, 5.41) is 15.2. The maximum Gasteiger partial charge on any atom is 0.353 e. The zero-order valence-corrected chi connectivity index (χ0v) is 20.0. The highest BCUT2D eigenvalue weighted by Crippen LogP contribution is 2.38. The van der Waals surface area contributed by atoms with Crippen molar-refractivity contribution in [2.75, 3.05) is 57.4 Å². The van der Waals surface area contributed by atoms with Gasteiger partial charge in [0.15, 0.2) is 11.5 Å². The molecule has 3 heterocycles. The van der Waals surface area contributed by atoms with Crippen LogP contribution in [0.2, 0.25) is 0 Å². The number of ether oxygens (including phenoxy) is 4. The summed E-state index contributed by atoms with van der Waals surface area (Å²) in [6, 6.07) is 11.1. The van der Waals surface area contributed by atoms with E-state index in [4.69, 9.17) is 18.9 Å². The van der Waals surface area contributed by atoms with Gasteiger partial charge in [-0.25, -0.2) is 9.97 Å². The Labute approximate surface area is 207 Å². The Balaban J connectivity index is 1.32. The molecule has 5 rings (SSSR count). The van der Waals surface area contributed by atoms with Gasteiger partial charge in [0, 0.05) is 38.8 Å². The Morgan fingerprint density at radius 3 is 2.58 bits per heavy atom. The molecule has 0 radical (unpaired) electrons. The maximum absolute atomic E-state index is 12.1. The molecule has 188 valence electrons. The average molecular weight is 495 g/mol. The number of anilines is 3. The number of rotatable bonds is 8. The molecule has 0 spiro atoms. The molecule has 2 aliphatic rings. The van der Waals surface area contributed by atoms with Gasteiger partial charge in [-0.15, -0.1) is 0 Å². The summed E-state index contributed by atoms with van der Waals surface area (Å²) in [6.07, 6.45) is 1.33. The molecule has 0 unspecified atom stereocenters. The lowest BCUT2D eigenvalue weighted by Crippen LogP contribution is -2.46. The number of nitrogens with zero attached hydrogens (tertiary/aromatic N) is 5. The fourth-order valence-corrected chi connectivity index (χ4v) is 4.32. The summed E-state index contributed by atoms with van der Waals surface area (Å²) < 4.78 is 21.5. The Morgan fingerprint density at radius 2 is 1.83 bits per heavy atom. The van der Waals surface area contributed by atoms with Gasteiger partial charge in [-0.05, 0) is 29.8 Å². The van der Waals surface area contributed by atoms with Crippen molar-refractivity contribution >= 4 is 23.0 Å². The predicted molar refractivity (Wildman–Crippen MR) is 132 cm³/mol. The van der Waals surface area contributed by atoms with E-state index in [1.165, 1.54) is 13.4 Å². The fourth-order valence-electron chi connectivity index (χ4n) is 4.32. The van der Waals surface area contributed by atoms with Crippen LogP contribution >= 0.6 is 0 Å². The summed E-state index contributed by atoms with van der Waals surface area (Å²) in [6.45, 7) is 3.62. The minimum Gasteiger partial charge on any atom is -0.497 e. The SMILES string of the molecule is COc1ccc(OC)c(Nc2ncnc(N3CCN(Cc4ccc5c(c4)OCO5)CC3)c2[N+](=O)[O-])c1. The minimum absolute atomic E-state index is 0.0827. The largest absolute Gasteiger partial charge is 0.497 e. The number of methoxy groups -OCH3 is 2. The third-order valence-corrected chi connectivity index (χ3v) is 6.16. The molecule has 0 saturated carbocycles. The van der Waals surface area contributed by atoms with Gasteiger partial charge in [-0.3, -0.25) is 15.0 Å². The van der Waals surface area contributed by atoms with Gasteiger partial charge >= 0.3 is 5.69 Å². The molecule has 1 fully saturated rings. The number of hydrogen-bond donors (Lipinski definition) is 1. The number of piperazine rings is 1. The summed E-state index contributed by atoms with van der Waals surface area (Å²) in [4.78, 5) is 24.3. The van der Waals surface area contributed by atoms with Gasteiger partial charge in [0.25, 0.3) is 0 Å². The minimum atomic E-state index is -0.455. The van der Waals surface area contributed by atoms with Crippen molar-refractivity contribution in [1.29, 1.82) is 0 Å². The lowest BCUT2D eigenvalue weighted by molar-refractivity contribution is -0.383. The molecule has 2 aliphatic heterocycles. The molecule has 3 aromatic rings. The molecule has 0 aliphatic carbocycles. The smallest absolute Gasteiger partial charge is 0.353 e. The number of nitro groups is 1. The van der Waals surface area contributed by atoms with Gasteiger partial charge in [-0.1, -0.05) is 6.07 Å². The lowest BCUT2D eigenvalue weighted by Gasteiger charge is -2.35. The van der Waals surface area contributed by atoms with Crippen molar-refractivity contribution < 1.29 is 23.9 Å². The molecule has 1 N–H and O–H groups in total. The second kappa shape index (κ2) is 10.1. The number of benzene rings is 2. The van der Waals surface area contributed by atoms with E-state index >= 15 is 0 Å². The topological polar surface area (TPSA) is 124 Å². The normalized spacial score (nSPS) is 15.0. The van der Waals surface area contributed by atoms with Gasteiger partial charge in [-0.2, -0.15) is 0 Å². The highest BCUT2D eigenvalue weighted by molar-refractivity contribution is 5.77. The summed E-state index contributed by atoms with van der Waals surface area (Å²) in [5.74, 6) is 2.96. The van der Waals surface area contributed by atoms with Crippen LogP contribution < -0.4 is 29.2 Å². The van der Waals surface area contributed by atoms with Crippen molar-refractivity contribution in [1.82, 2.24) is 14.9 Å². The van der Waals surface area contributed by atoms with Crippen molar-refractivity contribution in [2.45, 2.75) is 6.54 Å². The summed E-state index contributed by atoms with van der Waals surface area (Å²) in [5.41, 5.74) is 1.43. The molecular weight excluding hydrogens is 468 g/mol. The van der Waals surface area contributed by atoms with Crippen LogP contribution in [0.25, 0.3) is 0 Å². The van der Waals surface area contributed by atoms with Crippen LogP contribution in [0.1, 0.15) is 5.56 Å². The molecule has 2 aromatic carbocycles. The van der Waals surface area contributed by atoms with Crippen LogP contribution in [-0.4, -0.2) is 67.0 Å². The number of fused-ring (bicyclic) bond motifs is 1. The third-order valence-electron chi connectivity index (χ3n) is 6.16. The van der Waals surface area contributed by atoms with Crippen molar-refractivity contribution in [2.24, 2.45) is 0 Å². The van der Waals surface area contributed by atoms with Gasteiger partial charge in [0.05, 0.1) is 24.8 Å². The van der Waals surface area contributed by atoms with Gasteiger partial charge in [0.2, 0.25) is 18.4 Å². The molecule has 0 amide bonds. The van der Waals surface area contributed by atoms with E-state index in [2.05, 4.69) is 20.2 Å². The second-order valence-electron chi connectivity index (χ2n) is 8.29. The zero-order chi connectivity index (χ0) is 25.1. The van der Waals surface area contributed by atoms with E-state index in [0.717, 1.165) is 36.7 Å². The first kappa shape index (κ1) is 23.4. The first-order valence-corrected chi connectivity index (χ1v) is 11.4. The van der Waals surface area contributed by atoms with Crippen LogP contribution in [-0.2, 0) is 6.54 Å². The first-order valence-electron chi connectivity index (χ1n) is 11.4. The molecule has 36 heavy (non-hydrogen) atoms. The predicted octanol–water partition coefficient (Wildman–Crippen LogP) is 3.20. The van der Waals surface area contributed by atoms with Crippen molar-refractivity contribution in [3.63, 3.8) is 0 Å². The van der Waals surface area contributed by atoms with Crippen LogP contribution in [0.15, 0.2) is 42.7 Å². The van der Waals surface area contributed by atoms with Crippen molar-refractivity contribution in [3.8, 4) is 23.0 Å². The van der Waals surface area contributed by atoms with E-state index in [9.17, 15) is 10.1 Å². The Kier molecular flexibility index (Phi) is 6.58. The Hall–Kier alpha value is -4.32. The molecule has 12 heteroatoms. The average Bonchev–Trinajstić information content (AvgIpc) is 3.37. The van der Waals surface area contributed by atoms with Gasteiger partial charge in [0.1, 0.15) is 17.8 Å². The molecule has 12 nitrogen and oxygen atoms in total. The molecule has 1 saturated heterocycles. The Morgan fingerprint density at radius 1 is 1.03 bits per heavy atom. The van der Waals surface area contributed by atoms with Crippen LogP contribution in [0.3, 0.4) is 0 Å². The fraction of sp³-hybridized carbons (Fsp3) is 0.333. The van der Waals surface area contributed by atoms with E-state index in [-0.39, 0.29) is 24.1 Å². The van der Waals surface area contributed by atoms with E-state index in [1.54, 1.807) is 25.3 Å². The quantitative estimate of drug-likeness (QED) is 0.367. The standard InChI is InChI=1S/C24H26N6O6/c1-33-17-4-6-19(34-2)18(12-17)27-23-22(30(31)32)24(26-14-25-23)29-9-7-28(8-10-29)13-16-3-5-20-21(11-16)36-15-35-20/h3-6,11-12,14H,7-10,13,15H2,1-2H3,(H,25,26,27). The molecule has 0 atom stereocenters. The Bertz CT molecular complexity index is 1260. The zero-order valence-electron chi connectivity index (χ0n) is 20.0. The summed E-state index contributed by atoms with van der Waals surface area (Å²) in [7, 11) is 3.07. The monoisotopic (exact) mass is 494 g/mol. The maximum atomic E-state index is 12.1. The first-order chi connectivity index (χ1) is 17.6. The van der Waals surface area contributed by atoms with Gasteiger partial charge < -0.3 is 29.2 Å². The molecule has 1 aromatic heterocycles. The molecule has 0 bridgehead atoms. The number of nitrogens with one attached hydrogen (secondary N) is 1. The number of hydrogen-bond acceptors (Lipinski definition) is 11. The highest BCUT2D eigenvalue weighted by Gasteiger charge is 2.30. The van der Waals surface area contributed by atoms with Crippen molar-refractivity contribution in [3.05, 3.63) is 58.4 Å². The molecular formula is C24H26N6O6. The lowest BCUT2D eigenvalue weighted by atomic mass is 10.1. The third kappa shape index (κ3) is 4.75. The van der Waals surface area contributed by atoms with E-state index < -0.39 is 4.92 Å². The van der Waals surface area contributed by atoms with Crippen LogP contribution in [0.4, 0.5) is 23.0 Å². The van der Waals surface area contributed by atoms with Crippen LogP contribution in [0, 0.1) is 10.1 Å². The highest BCUT2D eigenvalue weighted by atomic mass is 16.7.